The van der Waals surface area contributed by atoms with Crippen molar-refractivity contribution in [3.05, 3.63) is 41.3 Å². The van der Waals surface area contributed by atoms with E-state index in [9.17, 15) is 4.79 Å². The van der Waals surface area contributed by atoms with Crippen molar-refractivity contribution in [2.24, 2.45) is 5.92 Å². The van der Waals surface area contributed by atoms with Gasteiger partial charge in [-0.3, -0.25) is 9.69 Å². The molecule has 0 radical (unpaired) electrons. The van der Waals surface area contributed by atoms with Crippen LogP contribution in [0.15, 0.2) is 36.4 Å². The van der Waals surface area contributed by atoms with E-state index < -0.39 is 0 Å². The fraction of sp³-hybridized carbons (Fsp3) is 0.542. The second-order valence-corrected chi connectivity index (χ2v) is 9.50. The minimum absolute atomic E-state index is 0.0144. The molecule has 3 heterocycles. The molecule has 1 atom stereocenters. The molecule has 4 rings (SSSR count). The van der Waals surface area contributed by atoms with Crippen molar-refractivity contribution in [2.75, 3.05) is 64.1 Å². The second kappa shape index (κ2) is 10.6. The molecule has 2 aromatic rings. The predicted octanol–water partition coefficient (Wildman–Crippen LogP) is 3.34. The summed E-state index contributed by atoms with van der Waals surface area (Å²) in [6.07, 6.45) is 0. The molecule has 2 saturated heterocycles. The van der Waals surface area contributed by atoms with Gasteiger partial charge in [-0.2, -0.15) is 0 Å². The third-order valence-electron chi connectivity index (χ3n) is 6.08. The van der Waals surface area contributed by atoms with Crippen LogP contribution in [0.3, 0.4) is 0 Å². The van der Waals surface area contributed by atoms with Crippen LogP contribution in [-0.4, -0.2) is 76.0 Å². The highest BCUT2D eigenvalue weighted by atomic mass is 32.1. The number of ether oxygens (including phenoxy) is 2. The highest BCUT2D eigenvalue weighted by Crippen LogP contribution is 2.39. The Bertz CT molecular complexity index is 843. The lowest BCUT2D eigenvalue weighted by Crippen LogP contribution is -2.51. The Labute approximate surface area is 189 Å². The third kappa shape index (κ3) is 5.47. The van der Waals surface area contributed by atoms with Gasteiger partial charge in [0.25, 0.3) is 5.91 Å². The lowest BCUT2D eigenvalue weighted by Gasteiger charge is -2.36. The van der Waals surface area contributed by atoms with E-state index in [4.69, 9.17) is 9.47 Å². The first-order valence-electron chi connectivity index (χ1n) is 11.3. The number of amides is 1. The number of benzene rings is 1. The van der Waals surface area contributed by atoms with Gasteiger partial charge in [0.05, 0.1) is 36.3 Å². The topological polar surface area (TPSA) is 54.0 Å². The minimum atomic E-state index is 0.0144. The van der Waals surface area contributed by atoms with Crippen molar-refractivity contribution in [3.8, 4) is 11.1 Å². The molecule has 2 fully saturated rings. The molecule has 1 aromatic carbocycles. The van der Waals surface area contributed by atoms with Crippen molar-refractivity contribution in [1.82, 2.24) is 10.2 Å². The summed E-state index contributed by atoms with van der Waals surface area (Å²) in [6, 6.07) is 12.7. The van der Waals surface area contributed by atoms with Gasteiger partial charge >= 0.3 is 0 Å². The number of rotatable bonds is 7. The van der Waals surface area contributed by atoms with Crippen LogP contribution in [-0.2, 0) is 9.47 Å². The highest BCUT2D eigenvalue weighted by molar-refractivity contribution is 7.18. The molecule has 2 aliphatic rings. The second-order valence-electron chi connectivity index (χ2n) is 8.46. The summed E-state index contributed by atoms with van der Waals surface area (Å²) >= 11 is 1.59. The SMILES string of the molecule is CC(C)[C@@H](CNC(=O)c1cc(-c2ccccc2)c(N2CCOCC2)s1)N1CCOCC1. The van der Waals surface area contributed by atoms with Crippen LogP contribution >= 0.6 is 11.3 Å². The van der Waals surface area contributed by atoms with Gasteiger partial charge < -0.3 is 19.7 Å². The Morgan fingerprint density at radius 2 is 1.68 bits per heavy atom. The number of nitrogens with one attached hydrogen (secondary N) is 1. The molecule has 1 N–H and O–H groups in total. The molecule has 1 amide bonds. The quantitative estimate of drug-likeness (QED) is 0.711. The maximum Gasteiger partial charge on any atom is 0.261 e. The Morgan fingerprint density at radius 3 is 2.32 bits per heavy atom. The van der Waals surface area contributed by atoms with E-state index in [1.807, 2.05) is 18.2 Å². The largest absolute Gasteiger partial charge is 0.379 e. The molecule has 31 heavy (non-hydrogen) atoms. The average Bonchev–Trinajstić information content (AvgIpc) is 3.26. The van der Waals surface area contributed by atoms with Crippen LogP contribution in [0.2, 0.25) is 0 Å². The Balaban J connectivity index is 1.51. The number of carbonyl (C=O) groups is 1. The summed E-state index contributed by atoms with van der Waals surface area (Å²) in [5.41, 5.74) is 2.28. The van der Waals surface area contributed by atoms with Gasteiger partial charge in [-0.1, -0.05) is 44.2 Å². The van der Waals surface area contributed by atoms with Gasteiger partial charge in [0.1, 0.15) is 0 Å². The molecule has 168 valence electrons. The molecular formula is C24H33N3O3S. The van der Waals surface area contributed by atoms with E-state index in [1.165, 1.54) is 0 Å². The van der Waals surface area contributed by atoms with Gasteiger partial charge in [0, 0.05) is 44.3 Å². The van der Waals surface area contributed by atoms with Gasteiger partial charge in [0.2, 0.25) is 0 Å². The smallest absolute Gasteiger partial charge is 0.261 e. The number of hydrogen-bond donors (Lipinski definition) is 1. The standard InChI is InChI=1S/C24H33N3O3S/c1-18(2)21(26-8-12-29-13-9-26)17-25-23(28)22-16-20(19-6-4-3-5-7-19)24(31-22)27-10-14-30-15-11-27/h3-7,16,18,21H,8-15,17H2,1-2H3,(H,25,28)/t21-/m1/s1. The number of carbonyl (C=O) groups excluding carboxylic acids is 1. The number of anilines is 1. The van der Waals surface area contributed by atoms with Gasteiger partial charge in [-0.15, -0.1) is 11.3 Å². The van der Waals surface area contributed by atoms with E-state index in [0.717, 1.165) is 73.6 Å². The molecule has 0 unspecified atom stereocenters. The zero-order valence-electron chi connectivity index (χ0n) is 18.5. The average molecular weight is 444 g/mol. The highest BCUT2D eigenvalue weighted by Gasteiger charge is 2.26. The summed E-state index contributed by atoms with van der Waals surface area (Å²) in [4.78, 5) is 18.7. The summed E-state index contributed by atoms with van der Waals surface area (Å²) in [6.45, 7) is 11.7. The Kier molecular flexibility index (Phi) is 7.61. The van der Waals surface area contributed by atoms with Crippen LogP contribution in [0.4, 0.5) is 5.00 Å². The number of nitrogens with zero attached hydrogens (tertiary/aromatic N) is 2. The molecule has 7 heteroatoms. The molecule has 0 aliphatic carbocycles. The van der Waals surface area contributed by atoms with E-state index in [2.05, 4.69) is 47.2 Å². The van der Waals surface area contributed by atoms with Crippen LogP contribution in [0, 0.1) is 5.92 Å². The summed E-state index contributed by atoms with van der Waals surface area (Å²) in [5, 5.41) is 4.38. The first-order valence-corrected chi connectivity index (χ1v) is 12.1. The zero-order chi connectivity index (χ0) is 21.6. The maximum absolute atomic E-state index is 13.1. The zero-order valence-corrected chi connectivity index (χ0v) is 19.3. The van der Waals surface area contributed by atoms with Crippen molar-refractivity contribution in [1.29, 1.82) is 0 Å². The van der Waals surface area contributed by atoms with Crippen LogP contribution in [0.1, 0.15) is 23.5 Å². The third-order valence-corrected chi connectivity index (χ3v) is 7.27. The number of morpholine rings is 2. The van der Waals surface area contributed by atoms with E-state index in [1.54, 1.807) is 11.3 Å². The minimum Gasteiger partial charge on any atom is -0.379 e. The first kappa shape index (κ1) is 22.3. The van der Waals surface area contributed by atoms with E-state index in [0.29, 0.717) is 18.5 Å². The molecule has 2 aliphatic heterocycles. The van der Waals surface area contributed by atoms with E-state index in [-0.39, 0.29) is 5.91 Å². The molecule has 6 nitrogen and oxygen atoms in total. The van der Waals surface area contributed by atoms with Crippen molar-refractivity contribution >= 4 is 22.2 Å². The fourth-order valence-electron chi connectivity index (χ4n) is 4.30. The molecule has 0 bridgehead atoms. The monoisotopic (exact) mass is 443 g/mol. The summed E-state index contributed by atoms with van der Waals surface area (Å²) in [7, 11) is 0. The van der Waals surface area contributed by atoms with Crippen molar-refractivity contribution in [2.45, 2.75) is 19.9 Å². The van der Waals surface area contributed by atoms with Gasteiger partial charge in [-0.05, 0) is 17.5 Å². The van der Waals surface area contributed by atoms with Crippen LogP contribution < -0.4 is 10.2 Å². The maximum atomic E-state index is 13.1. The van der Waals surface area contributed by atoms with Crippen LogP contribution in [0.5, 0.6) is 0 Å². The first-order chi connectivity index (χ1) is 15.1. The number of hydrogen-bond acceptors (Lipinski definition) is 6. The van der Waals surface area contributed by atoms with Crippen LogP contribution in [0.25, 0.3) is 11.1 Å². The van der Waals surface area contributed by atoms with Crippen molar-refractivity contribution in [3.63, 3.8) is 0 Å². The Hall–Kier alpha value is -1.93. The summed E-state index contributed by atoms with van der Waals surface area (Å²) < 4.78 is 11.0. The lowest BCUT2D eigenvalue weighted by atomic mass is 10.0. The molecular weight excluding hydrogens is 410 g/mol. The predicted molar refractivity (Wildman–Crippen MR) is 126 cm³/mol. The fourth-order valence-corrected chi connectivity index (χ4v) is 5.45. The summed E-state index contributed by atoms with van der Waals surface area (Å²) in [5.74, 6) is 0.478. The lowest BCUT2D eigenvalue weighted by molar-refractivity contribution is 0.00674. The van der Waals surface area contributed by atoms with Crippen molar-refractivity contribution < 1.29 is 14.3 Å². The molecule has 0 spiro atoms. The normalized spacial score (nSPS) is 18.9. The Morgan fingerprint density at radius 1 is 1.03 bits per heavy atom. The van der Waals surface area contributed by atoms with E-state index >= 15 is 0 Å². The molecule has 0 saturated carbocycles. The van der Waals surface area contributed by atoms with Gasteiger partial charge in [-0.25, -0.2) is 0 Å². The van der Waals surface area contributed by atoms with Gasteiger partial charge in [0.15, 0.2) is 0 Å². The number of thiophene rings is 1. The molecule has 1 aromatic heterocycles.